The number of rotatable bonds is 7. The van der Waals surface area contributed by atoms with Gasteiger partial charge in [0.25, 0.3) is 0 Å². The van der Waals surface area contributed by atoms with Crippen LogP contribution in [0.4, 0.5) is 17.1 Å². The van der Waals surface area contributed by atoms with Gasteiger partial charge in [0.05, 0.1) is 16.7 Å². The van der Waals surface area contributed by atoms with Crippen LogP contribution in [0.25, 0.3) is 115 Å². The van der Waals surface area contributed by atoms with Gasteiger partial charge >= 0.3 is 0 Å². The van der Waals surface area contributed by atoms with Crippen molar-refractivity contribution in [3.63, 3.8) is 0 Å². The third-order valence-electron chi connectivity index (χ3n) is 13.9. The minimum atomic E-state index is 0.873. The second-order valence-electron chi connectivity index (χ2n) is 17.8. The molecule has 4 nitrogen and oxygen atoms in total. The number of fused-ring (bicyclic) bond motifs is 10. The Labute approximate surface area is 392 Å². The van der Waals surface area contributed by atoms with Crippen LogP contribution in [0.3, 0.4) is 0 Å². The molecular weight excluding hydrogens is 827 g/mol. The van der Waals surface area contributed by atoms with Crippen LogP contribution in [0.2, 0.25) is 0 Å². The second kappa shape index (κ2) is 15.2. The molecule has 1 N–H and O–H groups in total. The Morgan fingerprint density at radius 3 is 1.68 bits per heavy atom. The van der Waals surface area contributed by atoms with Gasteiger partial charge in [-0.05, 0) is 124 Å². The fourth-order valence-corrected chi connectivity index (χ4v) is 10.7. The SMILES string of the molecule is c1cc(-c2ccc(N(c3ccc(-c4ccc5c(c4)[nH]c4ccccc45)cc3)c3ccccc3-c3cccc4oc5cc6ccccc6cc5c34)cc2)cc(-n2c3ccccc3c3ccccc32)c1. The second-order valence-corrected chi connectivity index (χ2v) is 17.8. The number of nitrogens with one attached hydrogen (secondary N) is 1. The monoisotopic (exact) mass is 867 g/mol. The molecule has 0 radical (unpaired) electrons. The Morgan fingerprint density at radius 2 is 0.926 bits per heavy atom. The van der Waals surface area contributed by atoms with E-state index in [2.05, 4.69) is 257 Å². The first kappa shape index (κ1) is 38.2. The van der Waals surface area contributed by atoms with Crippen molar-refractivity contribution in [2.24, 2.45) is 0 Å². The van der Waals surface area contributed by atoms with E-state index in [9.17, 15) is 0 Å². The Kier molecular flexibility index (Phi) is 8.55. The molecule has 0 amide bonds. The summed E-state index contributed by atoms with van der Waals surface area (Å²) in [6.07, 6.45) is 0. The van der Waals surface area contributed by atoms with Crippen LogP contribution in [0.5, 0.6) is 0 Å². The summed E-state index contributed by atoms with van der Waals surface area (Å²) in [5.41, 5.74) is 17.6. The van der Waals surface area contributed by atoms with Gasteiger partial charge in [-0.25, -0.2) is 0 Å². The fraction of sp³-hybridized carbons (Fsp3) is 0. The molecule has 318 valence electrons. The Morgan fingerprint density at radius 1 is 0.353 bits per heavy atom. The summed E-state index contributed by atoms with van der Waals surface area (Å²) in [6, 6.07) is 87.8. The van der Waals surface area contributed by atoms with E-state index < -0.39 is 0 Å². The molecule has 68 heavy (non-hydrogen) atoms. The maximum absolute atomic E-state index is 6.60. The topological polar surface area (TPSA) is 37.1 Å². The number of benzene rings is 11. The minimum Gasteiger partial charge on any atom is -0.456 e. The lowest BCUT2D eigenvalue weighted by Gasteiger charge is -2.28. The van der Waals surface area contributed by atoms with Crippen molar-refractivity contribution in [3.05, 3.63) is 243 Å². The molecule has 0 aliphatic rings. The summed E-state index contributed by atoms with van der Waals surface area (Å²) in [6.45, 7) is 0. The molecule has 0 unspecified atom stereocenters. The van der Waals surface area contributed by atoms with Gasteiger partial charge in [0.1, 0.15) is 11.2 Å². The normalized spacial score (nSPS) is 11.8. The average Bonchev–Trinajstić information content (AvgIpc) is 4.08. The van der Waals surface area contributed by atoms with E-state index in [0.29, 0.717) is 0 Å². The van der Waals surface area contributed by atoms with Gasteiger partial charge in [-0.2, -0.15) is 0 Å². The Bertz CT molecular complexity index is 4210. The van der Waals surface area contributed by atoms with Gasteiger partial charge in [-0.1, -0.05) is 158 Å². The number of hydrogen-bond acceptors (Lipinski definition) is 2. The highest BCUT2D eigenvalue weighted by Gasteiger charge is 2.21. The smallest absolute Gasteiger partial charge is 0.136 e. The zero-order chi connectivity index (χ0) is 44.7. The van der Waals surface area contributed by atoms with Crippen LogP contribution in [0.15, 0.2) is 247 Å². The predicted octanol–water partition coefficient (Wildman–Crippen LogP) is 17.9. The molecular formula is C64H41N3O. The van der Waals surface area contributed by atoms with Crippen LogP contribution < -0.4 is 4.90 Å². The van der Waals surface area contributed by atoms with E-state index in [1.165, 1.54) is 48.9 Å². The lowest BCUT2D eigenvalue weighted by molar-refractivity contribution is 0.669. The number of aromatic nitrogens is 2. The molecule has 0 aliphatic heterocycles. The number of anilines is 3. The van der Waals surface area contributed by atoms with Crippen LogP contribution in [0, 0.1) is 0 Å². The first-order chi connectivity index (χ1) is 33.7. The summed E-state index contributed by atoms with van der Waals surface area (Å²) in [4.78, 5) is 6.03. The summed E-state index contributed by atoms with van der Waals surface area (Å²) in [5, 5.41) is 9.57. The standard InChI is InChI=1S/C64H41N3O/c1-2-14-45-40-63-56(38-44(45)13-1)64-55(21-12-26-62(64)68-63)54-20-6-8-23-59(54)66(48-34-29-42(30-35-48)46-31-36-51-50-17-3-7-22-57(50)65-58(51)39-46)47-32-27-41(28-33-47)43-15-11-16-49(37-43)67-60-24-9-4-18-52(60)53-19-5-10-25-61(53)67/h1-40,65H. The Balaban J connectivity index is 0.903. The lowest BCUT2D eigenvalue weighted by Crippen LogP contribution is -2.11. The predicted molar refractivity (Wildman–Crippen MR) is 286 cm³/mol. The summed E-state index contributed by atoms with van der Waals surface area (Å²) in [5.74, 6) is 0. The van der Waals surface area contributed by atoms with Crippen molar-refractivity contribution in [1.29, 1.82) is 0 Å². The molecule has 0 bridgehead atoms. The summed E-state index contributed by atoms with van der Waals surface area (Å²) >= 11 is 0. The molecule has 0 atom stereocenters. The maximum Gasteiger partial charge on any atom is 0.136 e. The van der Waals surface area contributed by atoms with Gasteiger partial charge in [0, 0.05) is 66.0 Å². The maximum atomic E-state index is 6.60. The van der Waals surface area contributed by atoms with Crippen molar-refractivity contribution in [1.82, 2.24) is 9.55 Å². The number of H-pyrrole nitrogens is 1. The van der Waals surface area contributed by atoms with E-state index in [4.69, 9.17) is 4.42 Å². The molecule has 4 heteroatoms. The zero-order valence-corrected chi connectivity index (χ0v) is 36.9. The number of aromatic amines is 1. The molecule has 14 aromatic rings. The number of para-hydroxylation sites is 4. The van der Waals surface area contributed by atoms with Crippen LogP contribution >= 0.6 is 0 Å². The fourth-order valence-electron chi connectivity index (χ4n) is 10.7. The first-order valence-electron chi connectivity index (χ1n) is 23.2. The zero-order valence-electron chi connectivity index (χ0n) is 36.9. The molecule has 0 aliphatic carbocycles. The molecule has 0 saturated carbocycles. The van der Waals surface area contributed by atoms with Crippen molar-refractivity contribution in [2.75, 3.05) is 4.90 Å². The van der Waals surface area contributed by atoms with Crippen molar-refractivity contribution in [2.45, 2.75) is 0 Å². The summed E-state index contributed by atoms with van der Waals surface area (Å²) < 4.78 is 8.99. The van der Waals surface area contributed by atoms with E-state index in [-0.39, 0.29) is 0 Å². The lowest BCUT2D eigenvalue weighted by atomic mass is 9.96. The average molecular weight is 868 g/mol. The number of nitrogens with zero attached hydrogens (tertiary/aromatic N) is 2. The molecule has 14 rings (SSSR count). The highest BCUT2D eigenvalue weighted by atomic mass is 16.3. The van der Waals surface area contributed by atoms with E-state index in [1.54, 1.807) is 0 Å². The van der Waals surface area contributed by atoms with Gasteiger partial charge in [-0.15, -0.1) is 0 Å². The largest absolute Gasteiger partial charge is 0.456 e. The highest BCUT2D eigenvalue weighted by molar-refractivity contribution is 6.17. The number of furan rings is 1. The quantitative estimate of drug-likeness (QED) is 0.173. The first-order valence-corrected chi connectivity index (χ1v) is 23.2. The van der Waals surface area contributed by atoms with Gasteiger partial charge in [0.2, 0.25) is 0 Å². The highest BCUT2D eigenvalue weighted by Crippen LogP contribution is 2.46. The van der Waals surface area contributed by atoms with Crippen molar-refractivity contribution >= 4 is 93.4 Å². The molecule has 3 heterocycles. The van der Waals surface area contributed by atoms with Gasteiger partial charge in [-0.3, -0.25) is 0 Å². The molecule has 3 aromatic heterocycles. The molecule has 0 fully saturated rings. The van der Waals surface area contributed by atoms with E-state index >= 15 is 0 Å². The van der Waals surface area contributed by atoms with Crippen LogP contribution in [-0.4, -0.2) is 9.55 Å². The minimum absolute atomic E-state index is 0.873. The van der Waals surface area contributed by atoms with Gasteiger partial charge in [0.15, 0.2) is 0 Å². The van der Waals surface area contributed by atoms with Crippen LogP contribution in [-0.2, 0) is 0 Å². The van der Waals surface area contributed by atoms with Gasteiger partial charge < -0.3 is 18.9 Å². The van der Waals surface area contributed by atoms with Crippen LogP contribution in [0.1, 0.15) is 0 Å². The number of hydrogen-bond donors (Lipinski definition) is 1. The molecule has 0 spiro atoms. The Hall–Kier alpha value is -9.12. The van der Waals surface area contributed by atoms with Crippen molar-refractivity contribution < 1.29 is 4.42 Å². The third kappa shape index (κ3) is 6.08. The van der Waals surface area contributed by atoms with Crippen molar-refractivity contribution in [3.8, 4) is 39.1 Å². The molecule has 0 saturated heterocycles. The van der Waals surface area contributed by atoms with E-state index in [1.807, 2.05) is 0 Å². The third-order valence-corrected chi connectivity index (χ3v) is 13.9. The molecule has 11 aromatic carbocycles. The van der Waals surface area contributed by atoms with E-state index in [0.717, 1.165) is 83.5 Å². The summed E-state index contributed by atoms with van der Waals surface area (Å²) in [7, 11) is 0.